The second-order valence-corrected chi connectivity index (χ2v) is 6.12. The van der Waals surface area contributed by atoms with E-state index >= 15 is 0 Å². The van der Waals surface area contributed by atoms with E-state index in [-0.39, 0.29) is 11.9 Å². The van der Waals surface area contributed by atoms with Gasteiger partial charge < -0.3 is 5.73 Å². The molecule has 0 aliphatic carbocycles. The van der Waals surface area contributed by atoms with Crippen molar-refractivity contribution in [1.82, 2.24) is 4.90 Å². The van der Waals surface area contributed by atoms with Crippen LogP contribution in [-0.4, -0.2) is 23.9 Å². The summed E-state index contributed by atoms with van der Waals surface area (Å²) in [5, 5.41) is 2.16. The number of hydrogen-bond donors (Lipinski definition) is 1. The maximum absolute atomic E-state index is 11.1. The number of carbonyl (C=O) groups excluding carboxylic acids is 1. The molecule has 1 atom stereocenters. The highest BCUT2D eigenvalue weighted by atomic mass is 32.1. The van der Waals surface area contributed by atoms with Crippen LogP contribution in [0.3, 0.4) is 0 Å². The molecule has 20 heavy (non-hydrogen) atoms. The maximum Gasteiger partial charge on any atom is 0.218 e. The molecule has 0 saturated carbocycles. The predicted octanol–water partition coefficient (Wildman–Crippen LogP) is 2.57. The third kappa shape index (κ3) is 2.62. The van der Waals surface area contributed by atoms with Gasteiger partial charge in [-0.15, -0.1) is 11.3 Å². The number of hydrogen-bond acceptors (Lipinski definition) is 3. The number of rotatable bonds is 4. The summed E-state index contributed by atoms with van der Waals surface area (Å²) in [6.07, 6.45) is 1.48. The van der Waals surface area contributed by atoms with Crippen molar-refractivity contribution >= 4 is 17.2 Å². The first-order valence-electron chi connectivity index (χ1n) is 6.89. The van der Waals surface area contributed by atoms with Gasteiger partial charge in [-0.3, -0.25) is 9.69 Å². The molecule has 0 spiro atoms. The van der Waals surface area contributed by atoms with Crippen LogP contribution in [0.15, 0.2) is 41.8 Å². The molecule has 0 radical (unpaired) electrons. The molecule has 2 aromatic rings. The van der Waals surface area contributed by atoms with Gasteiger partial charge in [-0.2, -0.15) is 0 Å². The molecule has 2 heterocycles. The maximum atomic E-state index is 11.1. The minimum atomic E-state index is -0.229. The van der Waals surface area contributed by atoms with Crippen molar-refractivity contribution in [3.8, 4) is 0 Å². The number of thiophene rings is 1. The van der Waals surface area contributed by atoms with Gasteiger partial charge in [0.15, 0.2) is 0 Å². The number of carbonyl (C=O) groups is 1. The number of amides is 1. The van der Waals surface area contributed by atoms with E-state index in [0.29, 0.717) is 6.42 Å². The van der Waals surface area contributed by atoms with E-state index in [1.54, 1.807) is 0 Å². The van der Waals surface area contributed by atoms with Gasteiger partial charge in [0.05, 0.1) is 6.04 Å². The molecular weight excluding hydrogens is 268 g/mol. The van der Waals surface area contributed by atoms with Crippen LogP contribution in [0, 0.1) is 0 Å². The Bertz CT molecular complexity index is 594. The van der Waals surface area contributed by atoms with E-state index in [1.807, 2.05) is 17.4 Å². The van der Waals surface area contributed by atoms with Gasteiger partial charge in [0.2, 0.25) is 5.91 Å². The highest BCUT2D eigenvalue weighted by Crippen LogP contribution is 2.37. The van der Waals surface area contributed by atoms with Crippen LogP contribution >= 0.6 is 11.3 Å². The summed E-state index contributed by atoms with van der Waals surface area (Å²) in [5.41, 5.74) is 7.98. The van der Waals surface area contributed by atoms with Crippen molar-refractivity contribution < 1.29 is 4.79 Å². The smallest absolute Gasteiger partial charge is 0.218 e. The second kappa shape index (κ2) is 5.77. The molecule has 1 aliphatic heterocycles. The summed E-state index contributed by atoms with van der Waals surface area (Å²) >= 11 is 1.83. The van der Waals surface area contributed by atoms with Crippen molar-refractivity contribution in [2.75, 3.05) is 13.1 Å². The molecule has 1 aliphatic rings. The lowest BCUT2D eigenvalue weighted by molar-refractivity contribution is -0.118. The molecule has 3 nitrogen and oxygen atoms in total. The zero-order valence-corrected chi connectivity index (χ0v) is 12.1. The van der Waals surface area contributed by atoms with Crippen LogP contribution in [0.4, 0.5) is 0 Å². The highest BCUT2D eigenvalue weighted by Gasteiger charge is 2.29. The molecule has 1 aromatic carbocycles. The topological polar surface area (TPSA) is 46.3 Å². The number of nitrogens with two attached hydrogens (primary N) is 1. The predicted molar refractivity (Wildman–Crippen MR) is 81.7 cm³/mol. The lowest BCUT2D eigenvalue weighted by Gasteiger charge is -2.36. The monoisotopic (exact) mass is 286 g/mol. The average molecular weight is 286 g/mol. The third-order valence-corrected chi connectivity index (χ3v) is 4.82. The Morgan fingerprint density at radius 2 is 2.10 bits per heavy atom. The molecule has 3 rings (SSSR count). The molecule has 2 N–H and O–H groups in total. The number of nitrogens with zero attached hydrogens (tertiary/aromatic N) is 1. The SMILES string of the molecule is NC(=O)CCN1CCc2sccc2[C@H]1c1ccccc1. The van der Waals surface area contributed by atoms with Gasteiger partial charge in [0, 0.05) is 24.4 Å². The summed E-state index contributed by atoms with van der Waals surface area (Å²) < 4.78 is 0. The molecule has 4 heteroatoms. The van der Waals surface area contributed by atoms with Gasteiger partial charge >= 0.3 is 0 Å². The first-order chi connectivity index (χ1) is 9.75. The van der Waals surface area contributed by atoms with E-state index in [0.717, 1.165) is 19.5 Å². The lowest BCUT2D eigenvalue weighted by atomic mass is 9.93. The molecule has 0 saturated heterocycles. The van der Waals surface area contributed by atoms with Gasteiger partial charge in [0.1, 0.15) is 0 Å². The fourth-order valence-corrected chi connectivity index (χ4v) is 3.79. The number of benzene rings is 1. The van der Waals surface area contributed by atoms with Crippen LogP contribution < -0.4 is 5.73 Å². The fraction of sp³-hybridized carbons (Fsp3) is 0.312. The lowest BCUT2D eigenvalue weighted by Crippen LogP contribution is -2.37. The molecule has 104 valence electrons. The third-order valence-electron chi connectivity index (χ3n) is 3.83. The Balaban J connectivity index is 1.93. The second-order valence-electron chi connectivity index (χ2n) is 5.11. The fourth-order valence-electron chi connectivity index (χ4n) is 2.89. The van der Waals surface area contributed by atoms with E-state index in [9.17, 15) is 4.79 Å². The zero-order valence-electron chi connectivity index (χ0n) is 11.3. The van der Waals surface area contributed by atoms with Gasteiger partial charge in [-0.1, -0.05) is 30.3 Å². The number of primary amides is 1. The highest BCUT2D eigenvalue weighted by molar-refractivity contribution is 7.10. The van der Waals surface area contributed by atoms with Crippen molar-refractivity contribution in [3.05, 3.63) is 57.8 Å². The van der Waals surface area contributed by atoms with Gasteiger partial charge in [0.25, 0.3) is 0 Å². The number of fused-ring (bicyclic) bond motifs is 1. The molecule has 0 fully saturated rings. The Morgan fingerprint density at radius 1 is 1.30 bits per heavy atom. The zero-order chi connectivity index (χ0) is 13.9. The van der Waals surface area contributed by atoms with Crippen molar-refractivity contribution in [2.45, 2.75) is 18.9 Å². The molecule has 0 bridgehead atoms. The van der Waals surface area contributed by atoms with Gasteiger partial charge in [-0.25, -0.2) is 0 Å². The van der Waals surface area contributed by atoms with E-state index in [4.69, 9.17) is 5.73 Å². The average Bonchev–Trinajstić information content (AvgIpc) is 2.93. The molecular formula is C16H18N2OS. The summed E-state index contributed by atoms with van der Waals surface area (Å²) in [6, 6.07) is 13.0. The van der Waals surface area contributed by atoms with Crippen LogP contribution in [-0.2, 0) is 11.2 Å². The first kappa shape index (κ1) is 13.3. The van der Waals surface area contributed by atoms with Crippen molar-refractivity contribution in [2.24, 2.45) is 5.73 Å². The Kier molecular flexibility index (Phi) is 3.85. The Labute approximate surface area is 123 Å². The van der Waals surface area contributed by atoms with Gasteiger partial charge in [-0.05, 0) is 29.0 Å². The first-order valence-corrected chi connectivity index (χ1v) is 7.77. The van der Waals surface area contributed by atoms with E-state index in [1.165, 1.54) is 16.0 Å². The standard InChI is InChI=1S/C16H18N2OS/c17-15(19)7-10-18-9-6-14-13(8-11-20-14)16(18)12-4-2-1-3-5-12/h1-5,8,11,16H,6-7,9-10H2,(H2,17,19)/t16-/m1/s1. The van der Waals surface area contributed by atoms with Crippen molar-refractivity contribution in [3.63, 3.8) is 0 Å². The normalized spacial score (nSPS) is 18.7. The van der Waals surface area contributed by atoms with Crippen LogP contribution in [0.25, 0.3) is 0 Å². The summed E-state index contributed by atoms with van der Waals surface area (Å²) in [6.45, 7) is 1.71. The van der Waals surface area contributed by atoms with Crippen LogP contribution in [0.5, 0.6) is 0 Å². The summed E-state index contributed by atoms with van der Waals surface area (Å²) in [7, 11) is 0. The molecule has 0 unspecified atom stereocenters. The molecule has 1 aromatic heterocycles. The van der Waals surface area contributed by atoms with Crippen LogP contribution in [0.2, 0.25) is 0 Å². The summed E-state index contributed by atoms with van der Waals surface area (Å²) in [5.74, 6) is -0.229. The Hall–Kier alpha value is -1.65. The quantitative estimate of drug-likeness (QED) is 0.939. The summed E-state index contributed by atoms with van der Waals surface area (Å²) in [4.78, 5) is 14.9. The van der Waals surface area contributed by atoms with Crippen LogP contribution in [0.1, 0.15) is 28.5 Å². The van der Waals surface area contributed by atoms with E-state index in [2.05, 4.69) is 40.6 Å². The molecule has 1 amide bonds. The minimum absolute atomic E-state index is 0.229. The van der Waals surface area contributed by atoms with Crippen molar-refractivity contribution in [1.29, 1.82) is 0 Å². The Morgan fingerprint density at radius 3 is 2.85 bits per heavy atom. The largest absolute Gasteiger partial charge is 0.370 e. The minimum Gasteiger partial charge on any atom is -0.370 e. The van der Waals surface area contributed by atoms with E-state index < -0.39 is 0 Å².